The third-order valence-electron chi connectivity index (χ3n) is 5.34. The fraction of sp³-hybridized carbons (Fsp3) is 0.500. The van der Waals surface area contributed by atoms with Crippen molar-refractivity contribution in [2.24, 2.45) is 5.41 Å². The summed E-state index contributed by atoms with van der Waals surface area (Å²) in [6.45, 7) is 2.24. The standard InChI is InChI=1S/C18H21F2N5/c19-18(20)6-10-24(12-15-4-1-2-7-21-15)13-17(18)5-11-25(14-17)16-22-8-3-9-23-16/h1-4,7-9H,5-6,10-14H2/t17-/m1/s1. The second-order valence-electron chi connectivity index (χ2n) is 6.99. The molecule has 2 aromatic heterocycles. The molecule has 2 aliphatic rings. The first-order chi connectivity index (χ1) is 12.1. The molecule has 0 amide bonds. The van der Waals surface area contributed by atoms with E-state index >= 15 is 0 Å². The second kappa shape index (κ2) is 6.29. The molecule has 0 radical (unpaired) electrons. The van der Waals surface area contributed by atoms with Crippen LogP contribution < -0.4 is 4.90 Å². The summed E-state index contributed by atoms with van der Waals surface area (Å²) in [7, 11) is 0. The minimum atomic E-state index is -2.67. The Morgan fingerprint density at radius 2 is 1.72 bits per heavy atom. The van der Waals surface area contributed by atoms with E-state index in [9.17, 15) is 8.78 Å². The largest absolute Gasteiger partial charge is 0.340 e. The highest BCUT2D eigenvalue weighted by molar-refractivity contribution is 5.33. The SMILES string of the molecule is FC1(F)CCN(Cc2ccccn2)C[C@@]12CCN(c1ncccn1)C2. The van der Waals surface area contributed by atoms with Gasteiger partial charge in [-0.3, -0.25) is 9.88 Å². The summed E-state index contributed by atoms with van der Waals surface area (Å²) in [6.07, 6.45) is 5.40. The van der Waals surface area contributed by atoms with Crippen molar-refractivity contribution in [3.05, 3.63) is 48.5 Å². The summed E-state index contributed by atoms with van der Waals surface area (Å²) in [4.78, 5) is 16.8. The van der Waals surface area contributed by atoms with Gasteiger partial charge in [0.25, 0.3) is 5.92 Å². The van der Waals surface area contributed by atoms with E-state index in [1.807, 2.05) is 23.1 Å². The third-order valence-corrected chi connectivity index (χ3v) is 5.34. The molecule has 2 aliphatic heterocycles. The zero-order valence-electron chi connectivity index (χ0n) is 14.0. The lowest BCUT2D eigenvalue weighted by atomic mass is 9.75. The molecule has 0 saturated carbocycles. The first kappa shape index (κ1) is 16.3. The van der Waals surface area contributed by atoms with Crippen molar-refractivity contribution in [1.29, 1.82) is 0 Å². The van der Waals surface area contributed by atoms with Crippen LogP contribution in [0.5, 0.6) is 0 Å². The highest BCUT2D eigenvalue weighted by atomic mass is 19.3. The maximum absolute atomic E-state index is 14.9. The molecule has 2 saturated heterocycles. The van der Waals surface area contributed by atoms with Gasteiger partial charge in [0.1, 0.15) is 0 Å². The fourth-order valence-electron chi connectivity index (χ4n) is 3.97. The van der Waals surface area contributed by atoms with E-state index < -0.39 is 11.3 Å². The van der Waals surface area contributed by atoms with Crippen LogP contribution in [0.3, 0.4) is 0 Å². The van der Waals surface area contributed by atoms with E-state index in [1.54, 1.807) is 24.7 Å². The molecule has 25 heavy (non-hydrogen) atoms. The van der Waals surface area contributed by atoms with E-state index in [0.29, 0.717) is 45.1 Å². The average Bonchev–Trinajstić information content (AvgIpc) is 3.06. The van der Waals surface area contributed by atoms with Crippen molar-refractivity contribution >= 4 is 5.95 Å². The summed E-state index contributed by atoms with van der Waals surface area (Å²) in [5.41, 5.74) is -0.122. The van der Waals surface area contributed by atoms with Crippen LogP contribution in [0.15, 0.2) is 42.9 Å². The molecular formula is C18H21F2N5. The van der Waals surface area contributed by atoms with Gasteiger partial charge in [-0.2, -0.15) is 0 Å². The van der Waals surface area contributed by atoms with Gasteiger partial charge < -0.3 is 4.90 Å². The summed E-state index contributed by atoms with van der Waals surface area (Å²) >= 11 is 0. The predicted molar refractivity (Wildman–Crippen MR) is 90.4 cm³/mol. The minimum Gasteiger partial charge on any atom is -0.340 e. The molecule has 5 nitrogen and oxygen atoms in total. The van der Waals surface area contributed by atoms with Crippen molar-refractivity contribution in [2.75, 3.05) is 31.1 Å². The Morgan fingerprint density at radius 3 is 2.48 bits per heavy atom. The first-order valence-electron chi connectivity index (χ1n) is 8.60. The second-order valence-corrected chi connectivity index (χ2v) is 6.99. The number of likely N-dealkylation sites (tertiary alicyclic amines) is 1. The molecule has 2 fully saturated rings. The van der Waals surface area contributed by atoms with E-state index in [2.05, 4.69) is 19.9 Å². The molecule has 1 spiro atoms. The maximum atomic E-state index is 14.9. The monoisotopic (exact) mass is 345 g/mol. The molecule has 0 aliphatic carbocycles. The van der Waals surface area contributed by atoms with Gasteiger partial charge in [-0.05, 0) is 24.6 Å². The van der Waals surface area contributed by atoms with Gasteiger partial charge in [0.15, 0.2) is 0 Å². The molecular weight excluding hydrogens is 324 g/mol. The number of aromatic nitrogens is 3. The van der Waals surface area contributed by atoms with Crippen LogP contribution in [0.1, 0.15) is 18.5 Å². The van der Waals surface area contributed by atoms with Gasteiger partial charge >= 0.3 is 0 Å². The Bertz CT molecular complexity index is 712. The van der Waals surface area contributed by atoms with Crippen molar-refractivity contribution < 1.29 is 8.78 Å². The van der Waals surface area contributed by atoms with Crippen LogP contribution in [-0.4, -0.2) is 52.0 Å². The predicted octanol–water partition coefficient (Wildman–Crippen LogP) is 2.61. The molecule has 0 bridgehead atoms. The lowest BCUT2D eigenvalue weighted by Crippen LogP contribution is -2.56. The summed E-state index contributed by atoms with van der Waals surface area (Å²) in [5.74, 6) is -2.13. The normalized spacial score (nSPS) is 26.2. The van der Waals surface area contributed by atoms with Crippen LogP contribution >= 0.6 is 0 Å². The fourth-order valence-corrected chi connectivity index (χ4v) is 3.97. The van der Waals surface area contributed by atoms with Crippen LogP contribution in [0.4, 0.5) is 14.7 Å². The van der Waals surface area contributed by atoms with Gasteiger partial charge in [0.2, 0.25) is 5.95 Å². The molecule has 132 valence electrons. The number of halogens is 2. The number of nitrogens with zero attached hydrogens (tertiary/aromatic N) is 5. The number of pyridine rings is 1. The average molecular weight is 345 g/mol. The lowest BCUT2D eigenvalue weighted by Gasteiger charge is -2.45. The maximum Gasteiger partial charge on any atom is 0.257 e. The molecule has 4 heterocycles. The zero-order chi connectivity index (χ0) is 17.3. The molecule has 1 atom stereocenters. The van der Waals surface area contributed by atoms with Crippen molar-refractivity contribution in [3.63, 3.8) is 0 Å². The Balaban J connectivity index is 1.52. The van der Waals surface area contributed by atoms with Gasteiger partial charge in [-0.25, -0.2) is 18.7 Å². The number of rotatable bonds is 3. The number of hydrogen-bond acceptors (Lipinski definition) is 5. The van der Waals surface area contributed by atoms with Gasteiger partial charge in [0, 0.05) is 57.7 Å². The van der Waals surface area contributed by atoms with Crippen LogP contribution in [0, 0.1) is 5.41 Å². The Kier molecular flexibility index (Phi) is 4.11. The molecule has 7 heteroatoms. The molecule has 2 aromatic rings. The van der Waals surface area contributed by atoms with E-state index in [1.165, 1.54) is 0 Å². The smallest absolute Gasteiger partial charge is 0.257 e. The van der Waals surface area contributed by atoms with E-state index in [0.717, 1.165) is 5.69 Å². The minimum absolute atomic E-state index is 0.108. The topological polar surface area (TPSA) is 45.2 Å². The Labute approximate surface area is 145 Å². The van der Waals surface area contributed by atoms with Crippen molar-refractivity contribution in [2.45, 2.75) is 25.3 Å². The Morgan fingerprint density at radius 1 is 0.920 bits per heavy atom. The van der Waals surface area contributed by atoms with Crippen LogP contribution in [0.25, 0.3) is 0 Å². The molecule has 0 aromatic carbocycles. The van der Waals surface area contributed by atoms with Gasteiger partial charge in [0.05, 0.1) is 11.1 Å². The lowest BCUT2D eigenvalue weighted by molar-refractivity contribution is -0.159. The van der Waals surface area contributed by atoms with Crippen molar-refractivity contribution in [1.82, 2.24) is 19.9 Å². The quantitative estimate of drug-likeness (QED) is 0.856. The zero-order valence-corrected chi connectivity index (χ0v) is 14.0. The highest BCUT2D eigenvalue weighted by Gasteiger charge is 2.59. The molecule has 0 unspecified atom stereocenters. The summed E-state index contributed by atoms with van der Waals surface area (Å²) < 4.78 is 29.7. The first-order valence-corrected chi connectivity index (χ1v) is 8.60. The number of hydrogen-bond donors (Lipinski definition) is 0. The molecule has 0 N–H and O–H groups in total. The third kappa shape index (κ3) is 3.08. The van der Waals surface area contributed by atoms with Gasteiger partial charge in [-0.1, -0.05) is 6.07 Å². The number of anilines is 1. The highest BCUT2D eigenvalue weighted by Crippen LogP contribution is 2.50. The number of alkyl halides is 2. The van der Waals surface area contributed by atoms with E-state index in [4.69, 9.17) is 0 Å². The molecule has 4 rings (SSSR count). The summed E-state index contributed by atoms with van der Waals surface area (Å²) in [6, 6.07) is 7.47. The van der Waals surface area contributed by atoms with Crippen molar-refractivity contribution in [3.8, 4) is 0 Å². The summed E-state index contributed by atoms with van der Waals surface area (Å²) in [5, 5.41) is 0. The van der Waals surface area contributed by atoms with E-state index in [-0.39, 0.29) is 6.42 Å². The Hall–Kier alpha value is -2.15. The number of piperidine rings is 1. The van der Waals surface area contributed by atoms with Crippen LogP contribution in [-0.2, 0) is 6.54 Å². The van der Waals surface area contributed by atoms with Gasteiger partial charge in [-0.15, -0.1) is 0 Å². The van der Waals surface area contributed by atoms with Crippen LogP contribution in [0.2, 0.25) is 0 Å².